The Hall–Kier alpha value is -7.43. The van der Waals surface area contributed by atoms with E-state index in [-0.39, 0.29) is 5.82 Å². The van der Waals surface area contributed by atoms with Gasteiger partial charge >= 0.3 is 0 Å². The molecule has 0 saturated heterocycles. The second kappa shape index (κ2) is 12.6. The van der Waals surface area contributed by atoms with Gasteiger partial charge in [0.05, 0.1) is 35.7 Å². The minimum Gasteiger partial charge on any atom is -0.309 e. The first-order valence-corrected chi connectivity index (χ1v) is 17.2. The zero-order chi connectivity index (χ0) is 52.0. The third-order valence-electron chi connectivity index (χ3n) is 9.53. The quantitative estimate of drug-likeness (QED) is 0.161. The molecule has 11 aromatic rings. The molecule has 0 amide bonds. The lowest BCUT2D eigenvalue weighted by Crippen LogP contribution is -2.01. The lowest BCUT2D eigenvalue weighted by molar-refractivity contribution is 1.08. The maximum atomic E-state index is 9.37. The van der Waals surface area contributed by atoms with Crippen LogP contribution in [-0.2, 0) is 0 Å². The molecule has 256 valence electrons. The maximum Gasteiger partial charge on any atom is 0.164 e. The smallest absolute Gasteiger partial charge is 0.164 e. The minimum absolute atomic E-state index is 0.162. The molecule has 0 N–H and O–H groups in total. The predicted molar refractivity (Wildman–Crippen MR) is 228 cm³/mol. The molecule has 0 saturated carbocycles. The molecule has 0 aliphatic carbocycles. The van der Waals surface area contributed by atoms with E-state index in [9.17, 15) is 11.0 Å². The fraction of sp³-hybridized carbons (Fsp3) is 0. The molecule has 11 rings (SSSR count). The van der Waals surface area contributed by atoms with E-state index in [0.717, 1.165) is 43.7 Å². The fourth-order valence-corrected chi connectivity index (χ4v) is 7.20. The Morgan fingerprint density at radius 3 is 1.44 bits per heavy atom. The Balaban J connectivity index is 1.26. The normalized spacial score (nSPS) is 16.2. The second-order valence-electron chi connectivity index (χ2n) is 12.6. The van der Waals surface area contributed by atoms with Crippen molar-refractivity contribution in [3.8, 4) is 62.1 Å². The van der Waals surface area contributed by atoms with E-state index >= 15 is 0 Å². The largest absolute Gasteiger partial charge is 0.309 e. The van der Waals surface area contributed by atoms with Crippen LogP contribution in [0.2, 0.25) is 0 Å². The second-order valence-corrected chi connectivity index (χ2v) is 12.6. The summed E-state index contributed by atoms with van der Waals surface area (Å²) in [5, 5.41) is 4.91. The van der Waals surface area contributed by atoms with Crippen LogP contribution >= 0.6 is 0 Å². The summed E-state index contributed by atoms with van der Waals surface area (Å²) in [5.74, 6) is -1.22. The van der Waals surface area contributed by atoms with Crippen LogP contribution in [0.4, 0.5) is 0 Å². The van der Waals surface area contributed by atoms with Gasteiger partial charge in [-0.15, -0.1) is 0 Å². The van der Waals surface area contributed by atoms with Gasteiger partial charge in [0.2, 0.25) is 0 Å². The molecule has 4 nitrogen and oxygen atoms in total. The van der Waals surface area contributed by atoms with E-state index in [0.29, 0.717) is 10.9 Å². The van der Waals surface area contributed by atoms with Crippen molar-refractivity contribution in [1.82, 2.24) is 19.5 Å². The number of aromatic nitrogens is 4. The highest BCUT2D eigenvalue weighted by molar-refractivity contribution is 6.36. The molecule has 0 bridgehead atoms. The van der Waals surface area contributed by atoms with Gasteiger partial charge in [-0.05, 0) is 68.7 Å². The van der Waals surface area contributed by atoms with Gasteiger partial charge in [0.15, 0.2) is 17.5 Å². The highest BCUT2D eigenvalue weighted by atomic mass is 15.0. The molecule has 0 unspecified atom stereocenters. The van der Waals surface area contributed by atoms with E-state index in [1.165, 1.54) is 0 Å². The van der Waals surface area contributed by atoms with Crippen LogP contribution in [0.1, 0.15) is 24.7 Å². The van der Waals surface area contributed by atoms with Gasteiger partial charge in [-0.25, -0.2) is 15.0 Å². The summed E-state index contributed by atoms with van der Waals surface area (Å²) in [5.41, 5.74) is -0.501. The molecular weight excluding hydrogens is 669 g/mol. The van der Waals surface area contributed by atoms with Gasteiger partial charge in [-0.3, -0.25) is 0 Å². The lowest BCUT2D eigenvalue weighted by Gasteiger charge is -2.14. The zero-order valence-electron chi connectivity index (χ0n) is 46.4. The molecule has 0 spiro atoms. The highest BCUT2D eigenvalue weighted by Gasteiger charge is 2.23. The molecule has 0 radical (unpaired) electrons. The molecule has 2 aromatic heterocycles. The lowest BCUT2D eigenvalue weighted by atomic mass is 9.91. The van der Waals surface area contributed by atoms with E-state index in [2.05, 4.69) is 9.55 Å². The molecular formula is C51H32N4. The van der Waals surface area contributed by atoms with Crippen LogP contribution < -0.4 is 0 Å². The first-order chi connectivity index (χ1) is 34.8. The highest BCUT2D eigenvalue weighted by Crippen LogP contribution is 2.46. The Bertz CT molecular complexity index is 3980. The predicted octanol–water partition coefficient (Wildman–Crippen LogP) is 13.0. The molecule has 55 heavy (non-hydrogen) atoms. The van der Waals surface area contributed by atoms with Crippen molar-refractivity contribution in [2.24, 2.45) is 0 Å². The van der Waals surface area contributed by atoms with E-state index in [1.807, 2.05) is 78.9 Å². The summed E-state index contributed by atoms with van der Waals surface area (Å²) in [6, 6.07) is 13.1. The van der Waals surface area contributed by atoms with Gasteiger partial charge in [0, 0.05) is 38.5 Å². The van der Waals surface area contributed by atoms with Crippen molar-refractivity contribution < 1.29 is 24.7 Å². The molecule has 0 fully saturated rings. The summed E-state index contributed by atoms with van der Waals surface area (Å²) in [7, 11) is 0. The van der Waals surface area contributed by atoms with Gasteiger partial charge in [0.25, 0.3) is 0 Å². The number of hydrogen-bond donors (Lipinski definition) is 0. The Labute approximate surface area is 343 Å². The third-order valence-corrected chi connectivity index (χ3v) is 9.53. The molecule has 0 aliphatic rings. The molecule has 0 aliphatic heterocycles. The van der Waals surface area contributed by atoms with Gasteiger partial charge < -0.3 is 4.57 Å². The van der Waals surface area contributed by atoms with Crippen LogP contribution in [0, 0.1) is 0 Å². The zero-order valence-corrected chi connectivity index (χ0v) is 28.4. The van der Waals surface area contributed by atoms with Crippen LogP contribution in [0.25, 0.3) is 105 Å². The van der Waals surface area contributed by atoms with E-state index < -0.39 is 154 Å². The first kappa shape index (κ1) is 18.1. The molecule has 2 heterocycles. The molecule has 4 heteroatoms. The monoisotopic (exact) mass is 718 g/mol. The number of hydrogen-bond acceptors (Lipinski definition) is 3. The standard InChI is InChI=1S/C51H32N4/c1-4-13-33(14-5-1)35-23-27-37(28-24-35)49-52-50(38-29-25-36(26-30-38)34-15-6-2-7-16-34)54-51(53-49)43-31-32-45-48-46(43)41-20-11-10-19-40(41)42-21-12-22-44(47(42)48)55(45)39-17-8-3-9-18-39/h1-32H/i1D,2D,4D,5D,6D,7D,13D,14D,15D,16D,23D,24D,25D,26D,27D,28D,29D,30D. The maximum absolute atomic E-state index is 9.37. The third kappa shape index (κ3) is 5.11. The van der Waals surface area contributed by atoms with Gasteiger partial charge in [-0.1, -0.05) is 163 Å². The van der Waals surface area contributed by atoms with Crippen LogP contribution in [0.15, 0.2) is 194 Å². The summed E-state index contributed by atoms with van der Waals surface area (Å²) >= 11 is 0. The molecule has 0 atom stereocenters. The van der Waals surface area contributed by atoms with Crippen molar-refractivity contribution in [2.75, 3.05) is 0 Å². The number of benzene rings is 9. The van der Waals surface area contributed by atoms with Gasteiger partial charge in [0.1, 0.15) is 0 Å². The van der Waals surface area contributed by atoms with Crippen molar-refractivity contribution in [2.45, 2.75) is 0 Å². The number of rotatable bonds is 6. The number of para-hydroxylation sites is 1. The average molecular weight is 719 g/mol. The van der Waals surface area contributed by atoms with Gasteiger partial charge in [-0.2, -0.15) is 0 Å². The summed E-state index contributed by atoms with van der Waals surface area (Å²) in [6.45, 7) is 0. The van der Waals surface area contributed by atoms with Crippen LogP contribution in [0.5, 0.6) is 0 Å². The number of fused-ring (bicyclic) bond motifs is 3. The topological polar surface area (TPSA) is 43.6 Å². The first-order valence-electron chi connectivity index (χ1n) is 26.2. The summed E-state index contributed by atoms with van der Waals surface area (Å²) in [4.78, 5) is 14.2. The number of nitrogens with zero attached hydrogens (tertiary/aromatic N) is 4. The Morgan fingerprint density at radius 1 is 0.345 bits per heavy atom. The van der Waals surface area contributed by atoms with E-state index in [1.54, 1.807) is 6.07 Å². The van der Waals surface area contributed by atoms with Crippen LogP contribution in [-0.4, -0.2) is 19.5 Å². The van der Waals surface area contributed by atoms with Crippen molar-refractivity contribution in [3.63, 3.8) is 0 Å². The SMILES string of the molecule is [2H]c1c([2H])c([2H])c(-c2c([2H])c([2H])c(-c3nc(-c4c([2H])c([2H])c(-c5c([2H])c([2H])c([2H])c([2H])c5[2H])c([2H])c4[2H])nc(-c4ccc5c6c4c4ccccc4c4cccc(c46)n5-c4ccccc4)n3)c([2H])c2[2H])c([2H])c1[2H]. The molecule has 9 aromatic carbocycles. The van der Waals surface area contributed by atoms with E-state index in [4.69, 9.17) is 23.7 Å². The Morgan fingerprint density at radius 2 is 0.818 bits per heavy atom. The minimum atomic E-state index is -0.808. The van der Waals surface area contributed by atoms with Crippen molar-refractivity contribution >= 4 is 43.4 Å². The van der Waals surface area contributed by atoms with Crippen molar-refractivity contribution in [3.05, 3.63) is 194 Å². The summed E-state index contributed by atoms with van der Waals surface area (Å²) in [6.07, 6.45) is 0. The Kier molecular flexibility index (Phi) is 4.14. The van der Waals surface area contributed by atoms with Crippen LogP contribution in [0.3, 0.4) is 0 Å². The summed E-state index contributed by atoms with van der Waals surface area (Å²) < 4.78 is 160. The fourth-order valence-electron chi connectivity index (χ4n) is 7.20. The average Bonchev–Trinajstić information content (AvgIpc) is 3.74. The van der Waals surface area contributed by atoms with Crippen molar-refractivity contribution in [1.29, 1.82) is 0 Å².